The van der Waals surface area contributed by atoms with Gasteiger partial charge in [0.1, 0.15) is 0 Å². The molecule has 104 valence electrons. The van der Waals surface area contributed by atoms with Gasteiger partial charge in [0.25, 0.3) is 5.91 Å². The summed E-state index contributed by atoms with van der Waals surface area (Å²) in [5, 5.41) is 3.23. The maximum Gasteiger partial charge on any atom is 0.250 e. The Morgan fingerprint density at radius 2 is 2.21 bits per heavy atom. The predicted molar refractivity (Wildman–Crippen MR) is 76.0 cm³/mol. The molecule has 0 aliphatic heterocycles. The van der Waals surface area contributed by atoms with Crippen molar-refractivity contribution in [3.63, 3.8) is 0 Å². The van der Waals surface area contributed by atoms with Gasteiger partial charge in [0.2, 0.25) is 0 Å². The smallest absolute Gasteiger partial charge is 0.250 e. The molecule has 0 heterocycles. The first-order valence-electron chi connectivity index (χ1n) is 6.68. The Balaban J connectivity index is 1.69. The van der Waals surface area contributed by atoms with E-state index in [0.717, 1.165) is 37.8 Å². The molecule has 0 aromatic heterocycles. The molecule has 5 nitrogen and oxygen atoms in total. The minimum absolute atomic E-state index is 0.356. The molecule has 1 saturated carbocycles. The summed E-state index contributed by atoms with van der Waals surface area (Å²) < 4.78 is 5.54. The Bertz CT molecular complexity index is 444. The maximum atomic E-state index is 11.2. The number of carbonyl (C=O) groups is 1. The molecule has 5 N–H and O–H groups in total. The van der Waals surface area contributed by atoms with E-state index in [9.17, 15) is 4.79 Å². The zero-order valence-corrected chi connectivity index (χ0v) is 11.0. The number of benzene rings is 1. The number of nitrogen functional groups attached to an aromatic ring is 1. The highest BCUT2D eigenvalue weighted by atomic mass is 16.5. The lowest BCUT2D eigenvalue weighted by atomic mass is 10.1. The molecule has 1 fully saturated rings. The Kier molecular flexibility index (Phi) is 4.63. The molecule has 19 heavy (non-hydrogen) atoms. The van der Waals surface area contributed by atoms with E-state index in [0.29, 0.717) is 11.3 Å². The number of primary amides is 1. The van der Waals surface area contributed by atoms with Gasteiger partial charge in [-0.25, -0.2) is 0 Å². The molecule has 0 radical (unpaired) electrons. The van der Waals surface area contributed by atoms with Crippen molar-refractivity contribution in [3.05, 3.63) is 23.8 Å². The summed E-state index contributed by atoms with van der Waals surface area (Å²) in [6, 6.07) is 5.21. The van der Waals surface area contributed by atoms with Gasteiger partial charge in [-0.15, -0.1) is 0 Å². The van der Waals surface area contributed by atoms with Crippen LogP contribution in [0, 0.1) is 5.92 Å². The molecule has 0 unspecified atom stereocenters. The van der Waals surface area contributed by atoms with Crippen molar-refractivity contribution >= 4 is 17.3 Å². The van der Waals surface area contributed by atoms with Gasteiger partial charge in [-0.3, -0.25) is 4.79 Å². The lowest BCUT2D eigenvalue weighted by molar-refractivity contribution is 0.100. The fraction of sp³-hybridized carbons (Fsp3) is 0.500. The minimum atomic E-state index is -0.506. The van der Waals surface area contributed by atoms with E-state index in [2.05, 4.69) is 5.32 Å². The van der Waals surface area contributed by atoms with Gasteiger partial charge < -0.3 is 21.5 Å². The number of carbonyl (C=O) groups excluding carboxylic acids is 1. The number of hydrogen-bond donors (Lipinski definition) is 3. The van der Waals surface area contributed by atoms with Crippen LogP contribution in [-0.4, -0.2) is 25.7 Å². The van der Waals surface area contributed by atoms with E-state index in [-0.39, 0.29) is 0 Å². The highest BCUT2D eigenvalue weighted by Crippen LogP contribution is 2.28. The summed E-state index contributed by atoms with van der Waals surface area (Å²) in [6.45, 7) is 2.46. The summed E-state index contributed by atoms with van der Waals surface area (Å²) in [5.41, 5.74) is 12.5. The van der Waals surface area contributed by atoms with Crippen LogP contribution in [0.4, 0.5) is 11.4 Å². The van der Waals surface area contributed by atoms with E-state index in [4.69, 9.17) is 16.2 Å². The van der Waals surface area contributed by atoms with Crippen molar-refractivity contribution in [2.45, 2.75) is 19.3 Å². The number of anilines is 2. The van der Waals surface area contributed by atoms with Crippen LogP contribution >= 0.6 is 0 Å². The lowest BCUT2D eigenvalue weighted by Gasteiger charge is -2.09. The van der Waals surface area contributed by atoms with Gasteiger partial charge in [0.05, 0.1) is 5.56 Å². The predicted octanol–water partition coefficient (Wildman–Crippen LogP) is 1.60. The molecule has 0 atom stereocenters. The number of hydrogen-bond acceptors (Lipinski definition) is 4. The third-order valence-corrected chi connectivity index (χ3v) is 3.16. The standard InChI is InChI=1S/C14H21N3O2/c15-13-5-4-11(8-12(13)14(16)18)17-6-1-7-19-9-10-2-3-10/h4-5,8,10,17H,1-3,6-7,9,15H2,(H2,16,18). The molecule has 1 amide bonds. The Hall–Kier alpha value is -1.75. The summed E-state index contributed by atoms with van der Waals surface area (Å²) in [6.07, 6.45) is 3.57. The molecule has 0 saturated heterocycles. The molecule has 1 aliphatic carbocycles. The van der Waals surface area contributed by atoms with Crippen LogP contribution in [0.1, 0.15) is 29.6 Å². The third kappa shape index (κ3) is 4.44. The molecule has 1 aliphatic rings. The van der Waals surface area contributed by atoms with Crippen molar-refractivity contribution < 1.29 is 9.53 Å². The fourth-order valence-corrected chi connectivity index (χ4v) is 1.82. The number of ether oxygens (including phenoxy) is 1. The first-order chi connectivity index (χ1) is 9.16. The van der Waals surface area contributed by atoms with Crippen LogP contribution in [0.2, 0.25) is 0 Å². The highest BCUT2D eigenvalue weighted by Gasteiger charge is 2.20. The number of rotatable bonds is 8. The zero-order valence-electron chi connectivity index (χ0n) is 11.0. The molecule has 1 aromatic carbocycles. The molecule has 2 rings (SSSR count). The van der Waals surface area contributed by atoms with Crippen molar-refractivity contribution in [2.75, 3.05) is 30.8 Å². The third-order valence-electron chi connectivity index (χ3n) is 3.16. The Labute approximate surface area is 113 Å². The zero-order chi connectivity index (χ0) is 13.7. The summed E-state index contributed by atoms with van der Waals surface area (Å²) in [5.74, 6) is 0.303. The highest BCUT2D eigenvalue weighted by molar-refractivity contribution is 5.98. The first-order valence-corrected chi connectivity index (χ1v) is 6.68. The minimum Gasteiger partial charge on any atom is -0.398 e. The van der Waals surface area contributed by atoms with E-state index in [1.165, 1.54) is 12.8 Å². The average molecular weight is 263 g/mol. The van der Waals surface area contributed by atoms with Gasteiger partial charge >= 0.3 is 0 Å². The van der Waals surface area contributed by atoms with E-state index in [1.807, 2.05) is 6.07 Å². The second kappa shape index (κ2) is 6.43. The largest absolute Gasteiger partial charge is 0.398 e. The van der Waals surface area contributed by atoms with Crippen molar-refractivity contribution in [1.29, 1.82) is 0 Å². The average Bonchev–Trinajstić information content (AvgIpc) is 3.19. The topological polar surface area (TPSA) is 90.4 Å². The quantitative estimate of drug-likeness (QED) is 0.491. The van der Waals surface area contributed by atoms with Gasteiger partial charge in [-0.05, 0) is 43.4 Å². The van der Waals surface area contributed by atoms with Crippen LogP contribution in [-0.2, 0) is 4.74 Å². The van der Waals surface area contributed by atoms with Gasteiger partial charge in [-0.2, -0.15) is 0 Å². The summed E-state index contributed by atoms with van der Waals surface area (Å²) in [4.78, 5) is 11.2. The van der Waals surface area contributed by atoms with Gasteiger partial charge in [0, 0.05) is 31.1 Å². The molecule has 0 spiro atoms. The second-order valence-electron chi connectivity index (χ2n) is 4.96. The van der Waals surface area contributed by atoms with E-state index < -0.39 is 5.91 Å². The Morgan fingerprint density at radius 3 is 2.89 bits per heavy atom. The SMILES string of the molecule is NC(=O)c1cc(NCCCOCC2CC2)ccc1N. The first kappa shape index (κ1) is 13.7. The van der Waals surface area contributed by atoms with Crippen LogP contribution in [0.25, 0.3) is 0 Å². The molecule has 1 aromatic rings. The fourth-order valence-electron chi connectivity index (χ4n) is 1.82. The van der Waals surface area contributed by atoms with E-state index in [1.54, 1.807) is 12.1 Å². The van der Waals surface area contributed by atoms with Gasteiger partial charge in [0.15, 0.2) is 0 Å². The molecule has 5 heteroatoms. The van der Waals surface area contributed by atoms with Gasteiger partial charge in [-0.1, -0.05) is 0 Å². The van der Waals surface area contributed by atoms with Crippen LogP contribution < -0.4 is 16.8 Å². The van der Waals surface area contributed by atoms with Crippen molar-refractivity contribution in [3.8, 4) is 0 Å². The summed E-state index contributed by atoms with van der Waals surface area (Å²) >= 11 is 0. The van der Waals surface area contributed by atoms with Crippen LogP contribution in [0.5, 0.6) is 0 Å². The lowest BCUT2D eigenvalue weighted by Crippen LogP contribution is -2.14. The Morgan fingerprint density at radius 1 is 1.42 bits per heavy atom. The normalized spacial score (nSPS) is 14.3. The molecular weight excluding hydrogens is 242 g/mol. The van der Waals surface area contributed by atoms with E-state index >= 15 is 0 Å². The van der Waals surface area contributed by atoms with Crippen molar-refractivity contribution in [1.82, 2.24) is 0 Å². The van der Waals surface area contributed by atoms with Crippen LogP contribution in [0.15, 0.2) is 18.2 Å². The number of amides is 1. The maximum absolute atomic E-state index is 11.2. The van der Waals surface area contributed by atoms with Crippen LogP contribution in [0.3, 0.4) is 0 Å². The monoisotopic (exact) mass is 263 g/mol. The number of nitrogens with two attached hydrogens (primary N) is 2. The molecular formula is C14H21N3O2. The second-order valence-corrected chi connectivity index (χ2v) is 4.96. The van der Waals surface area contributed by atoms with Crippen molar-refractivity contribution in [2.24, 2.45) is 11.7 Å². The summed E-state index contributed by atoms with van der Waals surface area (Å²) in [7, 11) is 0. The number of nitrogens with one attached hydrogen (secondary N) is 1. The molecule has 0 bridgehead atoms.